The van der Waals surface area contributed by atoms with Crippen LogP contribution in [0.2, 0.25) is 5.02 Å². The van der Waals surface area contributed by atoms with Gasteiger partial charge in [0.05, 0.1) is 12.1 Å². The Morgan fingerprint density at radius 3 is 2.50 bits per heavy atom. The average Bonchev–Trinajstić information content (AvgIpc) is 2.63. The van der Waals surface area contributed by atoms with Gasteiger partial charge in [0.2, 0.25) is 5.95 Å². The number of methoxy groups -OCH3 is 1. The lowest BCUT2D eigenvalue weighted by Gasteiger charge is -2.22. The number of para-hydroxylation sites is 1. The zero-order chi connectivity index (χ0) is 18.5. The van der Waals surface area contributed by atoms with Gasteiger partial charge < -0.3 is 15.0 Å². The second kappa shape index (κ2) is 8.06. The molecule has 26 heavy (non-hydrogen) atoms. The smallest absolute Gasteiger partial charge is 0.232 e. The minimum atomic E-state index is 0.544. The molecule has 0 fully saturated rings. The van der Waals surface area contributed by atoms with Crippen molar-refractivity contribution in [3.63, 3.8) is 0 Å². The van der Waals surface area contributed by atoms with Crippen molar-refractivity contribution in [3.8, 4) is 5.75 Å². The third kappa shape index (κ3) is 4.06. The molecule has 3 rings (SSSR count). The highest BCUT2D eigenvalue weighted by Gasteiger charge is 2.12. The summed E-state index contributed by atoms with van der Waals surface area (Å²) in [6, 6.07) is 17.5. The van der Waals surface area contributed by atoms with Gasteiger partial charge in [-0.2, -0.15) is 4.98 Å². The van der Waals surface area contributed by atoms with Gasteiger partial charge in [0.25, 0.3) is 0 Å². The van der Waals surface area contributed by atoms with Crippen LogP contribution in [-0.4, -0.2) is 23.6 Å². The van der Waals surface area contributed by atoms with Gasteiger partial charge in [-0.1, -0.05) is 29.8 Å². The highest BCUT2D eigenvalue weighted by atomic mass is 35.5. The Kier molecular flexibility index (Phi) is 5.58. The van der Waals surface area contributed by atoms with E-state index in [1.54, 1.807) is 7.11 Å². The molecule has 0 radical (unpaired) electrons. The van der Waals surface area contributed by atoms with Gasteiger partial charge in [-0.15, -0.1) is 0 Å². The largest absolute Gasteiger partial charge is 0.495 e. The van der Waals surface area contributed by atoms with Gasteiger partial charge in [-0.05, 0) is 44.2 Å². The average molecular weight is 369 g/mol. The van der Waals surface area contributed by atoms with Crippen molar-refractivity contribution < 1.29 is 4.74 Å². The molecule has 0 unspecified atom stereocenters. The van der Waals surface area contributed by atoms with E-state index in [-0.39, 0.29) is 0 Å². The van der Waals surface area contributed by atoms with E-state index in [1.165, 1.54) is 0 Å². The second-order valence-electron chi connectivity index (χ2n) is 5.75. The number of hydrogen-bond donors (Lipinski definition) is 1. The molecule has 0 aliphatic heterocycles. The number of nitrogens with zero attached hydrogens (tertiary/aromatic N) is 3. The number of nitrogens with one attached hydrogen (secondary N) is 1. The summed E-state index contributed by atoms with van der Waals surface area (Å²) in [5, 5.41) is 3.83. The van der Waals surface area contributed by atoms with Gasteiger partial charge in [-0.3, -0.25) is 0 Å². The Bertz CT molecular complexity index is 886. The van der Waals surface area contributed by atoms with Crippen LogP contribution in [0.15, 0.2) is 54.6 Å². The first kappa shape index (κ1) is 18.0. The summed E-state index contributed by atoms with van der Waals surface area (Å²) in [7, 11) is 1.59. The lowest BCUT2D eigenvalue weighted by atomic mass is 10.3. The van der Waals surface area contributed by atoms with Gasteiger partial charge in [0.1, 0.15) is 11.6 Å². The number of aryl methyl sites for hydroxylation is 1. The molecule has 0 saturated carbocycles. The third-order valence-corrected chi connectivity index (χ3v) is 4.19. The zero-order valence-electron chi connectivity index (χ0n) is 15.0. The first-order valence-electron chi connectivity index (χ1n) is 8.39. The lowest BCUT2D eigenvalue weighted by Crippen LogP contribution is -2.19. The number of rotatable bonds is 6. The summed E-state index contributed by atoms with van der Waals surface area (Å²) in [6.07, 6.45) is 0. The van der Waals surface area contributed by atoms with Crippen LogP contribution in [-0.2, 0) is 0 Å². The topological polar surface area (TPSA) is 50.3 Å². The van der Waals surface area contributed by atoms with Gasteiger partial charge in [0, 0.05) is 29.7 Å². The predicted octanol–water partition coefficient (Wildman–Crippen LogP) is 5.35. The third-order valence-electron chi connectivity index (χ3n) is 3.89. The van der Waals surface area contributed by atoms with Crippen LogP contribution in [0.5, 0.6) is 5.75 Å². The molecular formula is C20H21ClN4O. The predicted molar refractivity (Wildman–Crippen MR) is 107 cm³/mol. The molecule has 1 N–H and O–H groups in total. The Morgan fingerprint density at radius 2 is 1.85 bits per heavy atom. The van der Waals surface area contributed by atoms with Crippen LogP contribution in [0.3, 0.4) is 0 Å². The number of hydrogen-bond acceptors (Lipinski definition) is 5. The molecule has 0 saturated heterocycles. The van der Waals surface area contributed by atoms with Gasteiger partial charge in [0.15, 0.2) is 0 Å². The number of benzene rings is 2. The standard InChI is InChI=1S/C20H21ClN4O/c1-4-25(16-8-6-5-7-9-16)20-22-14(2)12-19(24-20)23-15-10-11-18(26-3)17(21)13-15/h5-13H,4H2,1-3H3,(H,22,23,24). The van der Waals surface area contributed by atoms with Gasteiger partial charge >= 0.3 is 0 Å². The first-order chi connectivity index (χ1) is 12.6. The quantitative estimate of drug-likeness (QED) is 0.635. The zero-order valence-corrected chi connectivity index (χ0v) is 15.8. The van der Waals surface area contributed by atoms with Crippen molar-refractivity contribution >= 4 is 34.7 Å². The molecule has 6 heteroatoms. The minimum Gasteiger partial charge on any atom is -0.495 e. The summed E-state index contributed by atoms with van der Waals surface area (Å²) in [6.45, 7) is 4.80. The van der Waals surface area contributed by atoms with E-state index < -0.39 is 0 Å². The van der Waals surface area contributed by atoms with Crippen molar-refractivity contribution in [3.05, 3.63) is 65.3 Å². The molecule has 3 aromatic rings. The van der Waals surface area contributed by atoms with Crippen LogP contribution in [0, 0.1) is 6.92 Å². The van der Waals surface area contributed by atoms with Crippen molar-refractivity contribution in [1.29, 1.82) is 0 Å². The highest BCUT2D eigenvalue weighted by molar-refractivity contribution is 6.32. The molecule has 0 bridgehead atoms. The summed E-state index contributed by atoms with van der Waals surface area (Å²) in [5.41, 5.74) is 2.77. The highest BCUT2D eigenvalue weighted by Crippen LogP contribution is 2.29. The Labute approximate surface area is 158 Å². The van der Waals surface area contributed by atoms with E-state index >= 15 is 0 Å². The first-order valence-corrected chi connectivity index (χ1v) is 8.77. The van der Waals surface area contributed by atoms with Crippen LogP contribution < -0.4 is 15.0 Å². The van der Waals surface area contributed by atoms with Crippen molar-refractivity contribution in [2.75, 3.05) is 23.9 Å². The Hall–Kier alpha value is -2.79. The van der Waals surface area contributed by atoms with Crippen LogP contribution >= 0.6 is 11.6 Å². The molecule has 2 aromatic carbocycles. The summed E-state index contributed by atoms with van der Waals surface area (Å²) < 4.78 is 5.19. The maximum atomic E-state index is 6.21. The molecule has 134 valence electrons. The van der Waals surface area contributed by atoms with E-state index in [0.717, 1.165) is 23.6 Å². The van der Waals surface area contributed by atoms with Crippen LogP contribution in [0.25, 0.3) is 0 Å². The molecule has 0 spiro atoms. The van der Waals surface area contributed by atoms with E-state index in [9.17, 15) is 0 Å². The maximum Gasteiger partial charge on any atom is 0.232 e. The minimum absolute atomic E-state index is 0.544. The van der Waals surface area contributed by atoms with E-state index in [4.69, 9.17) is 16.3 Å². The van der Waals surface area contributed by atoms with Crippen molar-refractivity contribution in [1.82, 2.24) is 9.97 Å². The fourth-order valence-corrected chi connectivity index (χ4v) is 2.93. The molecule has 5 nitrogen and oxygen atoms in total. The van der Waals surface area contributed by atoms with Crippen LogP contribution in [0.1, 0.15) is 12.6 Å². The van der Waals surface area contributed by atoms with E-state index in [2.05, 4.69) is 27.1 Å². The second-order valence-corrected chi connectivity index (χ2v) is 6.16. The maximum absolute atomic E-state index is 6.21. The molecule has 0 amide bonds. The lowest BCUT2D eigenvalue weighted by molar-refractivity contribution is 0.415. The Morgan fingerprint density at radius 1 is 1.08 bits per heavy atom. The summed E-state index contributed by atoms with van der Waals surface area (Å²) >= 11 is 6.21. The number of anilines is 4. The molecule has 0 aliphatic carbocycles. The summed E-state index contributed by atoms with van der Waals surface area (Å²) in [4.78, 5) is 11.3. The number of ether oxygens (including phenoxy) is 1. The fourth-order valence-electron chi connectivity index (χ4n) is 2.68. The molecular weight excluding hydrogens is 348 g/mol. The SMILES string of the molecule is CCN(c1ccccc1)c1nc(C)cc(Nc2ccc(OC)c(Cl)c2)n1. The van der Waals surface area contributed by atoms with E-state index in [0.29, 0.717) is 22.5 Å². The monoisotopic (exact) mass is 368 g/mol. The fraction of sp³-hybridized carbons (Fsp3) is 0.200. The van der Waals surface area contributed by atoms with Gasteiger partial charge in [-0.25, -0.2) is 4.98 Å². The van der Waals surface area contributed by atoms with Crippen LogP contribution in [0.4, 0.5) is 23.1 Å². The summed E-state index contributed by atoms with van der Waals surface area (Å²) in [5.74, 6) is 2.00. The van der Waals surface area contributed by atoms with Crippen molar-refractivity contribution in [2.45, 2.75) is 13.8 Å². The van der Waals surface area contributed by atoms with E-state index in [1.807, 2.05) is 61.5 Å². The number of aromatic nitrogens is 2. The molecule has 1 heterocycles. The molecule has 1 aromatic heterocycles. The van der Waals surface area contributed by atoms with Crippen molar-refractivity contribution in [2.24, 2.45) is 0 Å². The Balaban J connectivity index is 1.91. The number of halogens is 1. The molecule has 0 aliphatic rings. The molecule has 0 atom stereocenters. The normalized spacial score (nSPS) is 10.5.